The number of aliphatic hydroxyl groups excluding tert-OH is 1. The monoisotopic (exact) mass is 382 g/mol. The Morgan fingerprint density at radius 3 is 2.79 bits per heavy atom. The third kappa shape index (κ3) is 3.14. The highest BCUT2D eigenvalue weighted by Crippen LogP contribution is 2.50. The minimum atomic E-state index is -0.626. The van der Waals surface area contributed by atoms with Crippen LogP contribution >= 0.6 is 0 Å². The number of benzene rings is 1. The largest absolute Gasteiger partial charge is 0.390 e. The van der Waals surface area contributed by atoms with Gasteiger partial charge in [-0.25, -0.2) is 0 Å². The quantitative estimate of drug-likeness (QED) is 0.757. The van der Waals surface area contributed by atoms with Gasteiger partial charge in [0, 0.05) is 12.5 Å². The first-order valence-electron chi connectivity index (χ1n) is 10.2. The number of nitrogens with one attached hydrogen (secondary N) is 2. The van der Waals surface area contributed by atoms with Crippen LogP contribution in [0.2, 0.25) is 0 Å². The second-order valence-corrected chi connectivity index (χ2v) is 8.63. The molecule has 1 aliphatic carbocycles. The molecule has 0 bridgehead atoms. The molecule has 2 aliphatic rings. The number of aryl methyl sites for hydroxylation is 1. The number of hydrogen-bond acceptors (Lipinski definition) is 4. The van der Waals surface area contributed by atoms with Crippen LogP contribution in [0.4, 0.5) is 0 Å². The Bertz CT molecular complexity index is 867. The second kappa shape index (κ2) is 7.33. The molecule has 1 aromatic heterocycles. The van der Waals surface area contributed by atoms with Gasteiger partial charge in [0.15, 0.2) is 0 Å². The summed E-state index contributed by atoms with van der Waals surface area (Å²) in [5.74, 6) is 0.295. The van der Waals surface area contributed by atoms with Gasteiger partial charge in [0.05, 0.1) is 17.8 Å². The van der Waals surface area contributed by atoms with Crippen molar-refractivity contribution < 1.29 is 9.90 Å². The number of hydrogen-bond donors (Lipinski definition) is 3. The molecule has 1 fully saturated rings. The number of rotatable bonds is 4. The zero-order chi connectivity index (χ0) is 19.9. The third-order valence-corrected chi connectivity index (χ3v) is 6.28. The van der Waals surface area contributed by atoms with Crippen LogP contribution in [0.15, 0.2) is 30.3 Å². The van der Waals surface area contributed by atoms with Crippen LogP contribution in [0.25, 0.3) is 0 Å². The first-order valence-corrected chi connectivity index (χ1v) is 10.2. The molecule has 1 amide bonds. The van der Waals surface area contributed by atoms with Crippen molar-refractivity contribution in [3.63, 3.8) is 0 Å². The zero-order valence-corrected chi connectivity index (χ0v) is 16.9. The molecule has 28 heavy (non-hydrogen) atoms. The van der Waals surface area contributed by atoms with Crippen molar-refractivity contribution in [3.8, 4) is 0 Å². The van der Waals surface area contributed by atoms with Gasteiger partial charge in [-0.3, -0.25) is 9.48 Å². The van der Waals surface area contributed by atoms with Gasteiger partial charge in [0.25, 0.3) is 5.91 Å². The number of amides is 1. The van der Waals surface area contributed by atoms with Gasteiger partial charge in [-0.15, -0.1) is 0 Å². The average Bonchev–Trinajstić information content (AvgIpc) is 3.14. The SMILES string of the molecule is CC(C)Cc1cc(C(=O)N[C@H]2c3ccccc3C3(CCNCC3)[C@@H]2O)n(C)n1. The average molecular weight is 383 g/mol. The van der Waals surface area contributed by atoms with E-state index in [-0.39, 0.29) is 11.3 Å². The molecule has 2 heterocycles. The molecule has 0 radical (unpaired) electrons. The highest BCUT2D eigenvalue weighted by atomic mass is 16.3. The molecule has 6 nitrogen and oxygen atoms in total. The standard InChI is InChI=1S/C22H30N4O2/c1-14(2)12-15-13-18(26(3)25-15)21(28)24-19-16-6-4-5-7-17(16)22(20(19)27)8-10-23-11-9-22/h4-7,13-14,19-20,23,27H,8-12H2,1-3H3,(H,24,28)/t19-,20+/m0/s1. The van der Waals surface area contributed by atoms with Crippen molar-refractivity contribution in [2.24, 2.45) is 13.0 Å². The lowest BCUT2D eigenvalue weighted by Crippen LogP contribution is -2.48. The third-order valence-electron chi connectivity index (χ3n) is 6.28. The van der Waals surface area contributed by atoms with Crippen molar-refractivity contribution in [2.75, 3.05) is 13.1 Å². The maximum Gasteiger partial charge on any atom is 0.270 e. The number of carbonyl (C=O) groups is 1. The lowest BCUT2D eigenvalue weighted by Gasteiger charge is -2.38. The van der Waals surface area contributed by atoms with E-state index >= 15 is 0 Å². The Hall–Kier alpha value is -2.18. The van der Waals surface area contributed by atoms with E-state index in [9.17, 15) is 9.90 Å². The smallest absolute Gasteiger partial charge is 0.270 e. The van der Waals surface area contributed by atoms with Gasteiger partial charge in [0.1, 0.15) is 5.69 Å². The molecular weight excluding hydrogens is 352 g/mol. The lowest BCUT2D eigenvalue weighted by molar-refractivity contribution is 0.0416. The fraction of sp³-hybridized carbons (Fsp3) is 0.545. The highest BCUT2D eigenvalue weighted by Gasteiger charge is 2.52. The van der Waals surface area contributed by atoms with Gasteiger partial charge in [-0.1, -0.05) is 38.1 Å². The minimum absolute atomic E-state index is 0.185. The molecule has 1 saturated heterocycles. The van der Waals surface area contributed by atoms with Crippen LogP contribution in [-0.4, -0.2) is 40.0 Å². The van der Waals surface area contributed by atoms with Gasteiger partial charge in [0.2, 0.25) is 0 Å². The predicted octanol–water partition coefficient (Wildman–Crippen LogP) is 2.09. The van der Waals surface area contributed by atoms with Crippen molar-refractivity contribution in [2.45, 2.75) is 50.7 Å². The Balaban J connectivity index is 1.61. The van der Waals surface area contributed by atoms with Crippen LogP contribution in [-0.2, 0) is 18.9 Å². The van der Waals surface area contributed by atoms with E-state index in [0.29, 0.717) is 11.6 Å². The van der Waals surface area contributed by atoms with Crippen molar-refractivity contribution in [1.82, 2.24) is 20.4 Å². The fourth-order valence-corrected chi connectivity index (χ4v) is 4.94. The van der Waals surface area contributed by atoms with Gasteiger partial charge in [-0.05, 0) is 55.5 Å². The minimum Gasteiger partial charge on any atom is -0.390 e. The van der Waals surface area contributed by atoms with Crippen LogP contribution in [0.1, 0.15) is 60.0 Å². The van der Waals surface area contributed by atoms with Crippen LogP contribution in [0, 0.1) is 5.92 Å². The molecule has 3 N–H and O–H groups in total. The molecule has 6 heteroatoms. The summed E-state index contributed by atoms with van der Waals surface area (Å²) < 4.78 is 1.64. The van der Waals surface area contributed by atoms with Gasteiger partial charge >= 0.3 is 0 Å². The number of fused-ring (bicyclic) bond motifs is 2. The molecule has 150 valence electrons. The Labute approximate surface area is 166 Å². The highest BCUT2D eigenvalue weighted by molar-refractivity contribution is 5.93. The molecule has 1 spiro atoms. The molecule has 2 aromatic rings. The topological polar surface area (TPSA) is 79.2 Å². The zero-order valence-electron chi connectivity index (χ0n) is 16.9. The molecule has 2 atom stereocenters. The normalized spacial score (nSPS) is 23.2. The summed E-state index contributed by atoms with van der Waals surface area (Å²) in [5, 5.41) is 22.3. The number of carbonyl (C=O) groups excluding carboxylic acids is 1. The lowest BCUT2D eigenvalue weighted by atomic mass is 9.72. The molecule has 4 rings (SSSR count). The molecule has 0 unspecified atom stereocenters. The Morgan fingerprint density at radius 2 is 2.07 bits per heavy atom. The number of aromatic nitrogens is 2. The maximum absolute atomic E-state index is 13.1. The summed E-state index contributed by atoms with van der Waals surface area (Å²) in [6.45, 7) is 6.04. The summed E-state index contributed by atoms with van der Waals surface area (Å²) in [6.07, 6.45) is 1.97. The summed E-state index contributed by atoms with van der Waals surface area (Å²) in [6, 6.07) is 9.62. The molecular formula is C22H30N4O2. The fourth-order valence-electron chi connectivity index (χ4n) is 4.94. The van der Waals surface area contributed by atoms with E-state index in [1.807, 2.05) is 24.3 Å². The summed E-state index contributed by atoms with van der Waals surface area (Å²) >= 11 is 0. The summed E-state index contributed by atoms with van der Waals surface area (Å²) in [7, 11) is 1.80. The summed E-state index contributed by atoms with van der Waals surface area (Å²) in [4.78, 5) is 13.1. The van der Waals surface area contributed by atoms with Crippen LogP contribution in [0.3, 0.4) is 0 Å². The molecule has 0 saturated carbocycles. The van der Waals surface area contributed by atoms with Crippen LogP contribution in [0.5, 0.6) is 0 Å². The number of nitrogens with zero attached hydrogens (tertiary/aromatic N) is 2. The van der Waals surface area contributed by atoms with E-state index in [0.717, 1.165) is 43.6 Å². The molecule has 1 aromatic carbocycles. The first kappa shape index (κ1) is 19.2. The Morgan fingerprint density at radius 1 is 1.36 bits per heavy atom. The molecule has 1 aliphatic heterocycles. The maximum atomic E-state index is 13.1. The summed E-state index contributed by atoms with van der Waals surface area (Å²) in [5.41, 5.74) is 3.39. The van der Waals surface area contributed by atoms with E-state index < -0.39 is 12.1 Å². The van der Waals surface area contributed by atoms with E-state index in [4.69, 9.17) is 0 Å². The van der Waals surface area contributed by atoms with Crippen LogP contribution < -0.4 is 10.6 Å². The van der Waals surface area contributed by atoms with Gasteiger partial charge < -0.3 is 15.7 Å². The van der Waals surface area contributed by atoms with Gasteiger partial charge in [-0.2, -0.15) is 5.10 Å². The second-order valence-electron chi connectivity index (χ2n) is 8.63. The van der Waals surface area contributed by atoms with Crippen molar-refractivity contribution in [3.05, 3.63) is 52.8 Å². The van der Waals surface area contributed by atoms with E-state index in [1.165, 1.54) is 5.56 Å². The first-order chi connectivity index (χ1) is 13.4. The predicted molar refractivity (Wildman–Crippen MR) is 108 cm³/mol. The Kier molecular flexibility index (Phi) is 5.02. The van der Waals surface area contributed by atoms with Crippen molar-refractivity contribution >= 4 is 5.91 Å². The number of aliphatic hydroxyl groups is 1. The van der Waals surface area contributed by atoms with E-state index in [1.54, 1.807) is 11.7 Å². The van der Waals surface area contributed by atoms with Crippen molar-refractivity contribution in [1.29, 1.82) is 0 Å². The van der Waals surface area contributed by atoms with E-state index in [2.05, 4.69) is 35.6 Å². The number of piperidine rings is 1.